The maximum Gasteiger partial charge on any atom is 0.265 e. The van der Waals surface area contributed by atoms with Crippen molar-refractivity contribution < 1.29 is 19.4 Å². The van der Waals surface area contributed by atoms with Crippen molar-refractivity contribution in [3.05, 3.63) is 71.8 Å². The van der Waals surface area contributed by atoms with Gasteiger partial charge in [-0.05, 0) is 47.2 Å². The number of phenolic OH excluding ortho intramolecular Hbond substituents is 1. The van der Waals surface area contributed by atoms with Crippen molar-refractivity contribution in [1.29, 1.82) is 0 Å². The summed E-state index contributed by atoms with van der Waals surface area (Å²) < 4.78 is 4.96. The number of hydrazine groups is 1. The molecule has 0 aromatic heterocycles. The third-order valence-corrected chi connectivity index (χ3v) is 3.61. The molecule has 134 valence electrons. The lowest BCUT2D eigenvalue weighted by Gasteiger charge is -2.03. The van der Waals surface area contributed by atoms with Crippen LogP contribution < -0.4 is 15.6 Å². The first-order chi connectivity index (χ1) is 12.6. The lowest BCUT2D eigenvalue weighted by molar-refractivity contribution is 0.0937. The number of rotatable bonds is 4. The number of nitrogens with one attached hydrogen (secondary N) is 2. The van der Waals surface area contributed by atoms with E-state index >= 15 is 0 Å². The minimum atomic E-state index is -0.162. The van der Waals surface area contributed by atoms with Crippen LogP contribution in [-0.4, -0.2) is 31.5 Å². The van der Waals surface area contributed by atoms with Crippen LogP contribution in [0.1, 0.15) is 20.7 Å². The Morgan fingerprint density at radius 1 is 1.04 bits per heavy atom. The number of fused-ring (bicyclic) bond motifs is 1. The quantitative estimate of drug-likeness (QED) is 0.496. The Hall–Kier alpha value is -3.38. The first kappa shape index (κ1) is 19.0. The van der Waals surface area contributed by atoms with Crippen molar-refractivity contribution in [3.8, 4) is 11.5 Å². The summed E-state index contributed by atoms with van der Waals surface area (Å²) in [6.07, 6.45) is 0.655. The molecule has 6 nitrogen and oxygen atoms in total. The molecule has 0 atom stereocenters. The van der Waals surface area contributed by atoms with Crippen LogP contribution in [0.25, 0.3) is 10.8 Å². The summed E-state index contributed by atoms with van der Waals surface area (Å²) in [5, 5.41) is 11.3. The van der Waals surface area contributed by atoms with E-state index in [2.05, 4.69) is 10.9 Å². The molecule has 0 saturated carbocycles. The number of benzene rings is 3. The Labute approximate surface area is 151 Å². The van der Waals surface area contributed by atoms with Gasteiger partial charge in [0, 0.05) is 12.6 Å². The average Bonchev–Trinajstić information content (AvgIpc) is 2.68. The summed E-state index contributed by atoms with van der Waals surface area (Å²) in [4.78, 5) is 21.7. The maximum absolute atomic E-state index is 11.2. The molecular formula is C20H20N2O4. The average molecular weight is 352 g/mol. The van der Waals surface area contributed by atoms with Crippen LogP contribution in [-0.2, 0) is 0 Å². The van der Waals surface area contributed by atoms with Crippen LogP contribution in [0.4, 0.5) is 0 Å². The van der Waals surface area contributed by atoms with Gasteiger partial charge in [0.1, 0.15) is 11.5 Å². The first-order valence-electron chi connectivity index (χ1n) is 7.87. The molecule has 3 aromatic carbocycles. The highest BCUT2D eigenvalue weighted by atomic mass is 16.5. The number of hydrogen-bond acceptors (Lipinski definition) is 5. The molecule has 3 N–H and O–H groups in total. The fraction of sp³-hybridized carbons (Fsp3) is 0.100. The van der Waals surface area contributed by atoms with E-state index in [9.17, 15) is 14.7 Å². The number of methoxy groups -OCH3 is 1. The van der Waals surface area contributed by atoms with Gasteiger partial charge in [0.05, 0.1) is 12.7 Å². The standard InChI is InChI=1S/C11H8O2.C9H12N2O2/c12-7-10-5-8-3-1-2-4-9(8)6-11(10)13;1-10-11-9(12)7-3-5-8(13-2)6-4-7/h1-7,13H;3-6,10H,1-2H3,(H,11,12). The number of aromatic hydroxyl groups is 1. The fourth-order valence-corrected chi connectivity index (χ4v) is 2.27. The molecule has 1 amide bonds. The Balaban J connectivity index is 0.000000187. The smallest absolute Gasteiger partial charge is 0.265 e. The predicted octanol–water partition coefficient (Wildman–Crippen LogP) is 2.92. The Bertz CT molecular complexity index is 892. The number of hydrogen-bond donors (Lipinski definition) is 3. The van der Waals surface area contributed by atoms with Crippen molar-refractivity contribution in [1.82, 2.24) is 10.9 Å². The molecule has 0 spiro atoms. The molecule has 3 aromatic rings. The van der Waals surface area contributed by atoms with E-state index in [1.54, 1.807) is 50.6 Å². The van der Waals surface area contributed by atoms with Gasteiger partial charge in [-0.2, -0.15) is 0 Å². The van der Waals surface area contributed by atoms with Crippen molar-refractivity contribution in [3.63, 3.8) is 0 Å². The van der Waals surface area contributed by atoms with Crippen LogP contribution in [0.5, 0.6) is 11.5 Å². The molecule has 0 aliphatic carbocycles. The summed E-state index contributed by atoms with van der Waals surface area (Å²) in [5.41, 5.74) is 5.96. The molecule has 0 bridgehead atoms. The summed E-state index contributed by atoms with van der Waals surface area (Å²) in [6, 6.07) is 17.7. The topological polar surface area (TPSA) is 87.7 Å². The predicted molar refractivity (Wildman–Crippen MR) is 101 cm³/mol. The van der Waals surface area contributed by atoms with Gasteiger partial charge >= 0.3 is 0 Å². The minimum Gasteiger partial charge on any atom is -0.507 e. The van der Waals surface area contributed by atoms with E-state index in [-0.39, 0.29) is 11.7 Å². The second-order valence-electron chi connectivity index (χ2n) is 5.31. The second-order valence-corrected chi connectivity index (χ2v) is 5.31. The lowest BCUT2D eigenvalue weighted by Crippen LogP contribution is -2.33. The van der Waals surface area contributed by atoms with Gasteiger partial charge in [-0.15, -0.1) is 0 Å². The van der Waals surface area contributed by atoms with Gasteiger partial charge in [0.2, 0.25) is 0 Å². The molecule has 0 radical (unpaired) electrons. The third kappa shape index (κ3) is 4.81. The van der Waals surface area contributed by atoms with Crippen molar-refractivity contribution in [2.75, 3.05) is 14.2 Å². The lowest BCUT2D eigenvalue weighted by atomic mass is 10.1. The van der Waals surface area contributed by atoms with Crippen LogP contribution in [0.15, 0.2) is 60.7 Å². The number of carbonyl (C=O) groups excluding carboxylic acids is 2. The molecule has 0 aliphatic rings. The number of amides is 1. The summed E-state index contributed by atoms with van der Waals surface area (Å²) in [7, 11) is 3.23. The molecule has 3 rings (SSSR count). The highest BCUT2D eigenvalue weighted by Crippen LogP contribution is 2.23. The van der Waals surface area contributed by atoms with Crippen molar-refractivity contribution in [2.45, 2.75) is 0 Å². The zero-order valence-electron chi connectivity index (χ0n) is 14.5. The molecule has 26 heavy (non-hydrogen) atoms. The molecule has 0 heterocycles. The van der Waals surface area contributed by atoms with Gasteiger partial charge in [-0.25, -0.2) is 5.43 Å². The number of ether oxygens (including phenoxy) is 1. The summed E-state index contributed by atoms with van der Waals surface area (Å²) >= 11 is 0. The van der Waals surface area contributed by atoms with Gasteiger partial charge in [0.15, 0.2) is 6.29 Å². The van der Waals surface area contributed by atoms with Crippen LogP contribution in [0.3, 0.4) is 0 Å². The van der Waals surface area contributed by atoms with E-state index in [0.29, 0.717) is 17.4 Å². The third-order valence-electron chi connectivity index (χ3n) is 3.61. The van der Waals surface area contributed by atoms with E-state index in [0.717, 1.165) is 16.5 Å². The fourth-order valence-electron chi connectivity index (χ4n) is 2.27. The van der Waals surface area contributed by atoms with Crippen molar-refractivity contribution in [2.24, 2.45) is 0 Å². The molecule has 0 saturated heterocycles. The Morgan fingerprint density at radius 3 is 2.19 bits per heavy atom. The SMILES string of the molecule is CNNC(=O)c1ccc(OC)cc1.O=Cc1cc2ccccc2cc1O. The highest BCUT2D eigenvalue weighted by molar-refractivity contribution is 5.94. The van der Waals surface area contributed by atoms with E-state index < -0.39 is 0 Å². The van der Waals surface area contributed by atoms with Gasteiger partial charge in [-0.1, -0.05) is 24.3 Å². The van der Waals surface area contributed by atoms with E-state index in [4.69, 9.17) is 4.74 Å². The molecule has 6 heteroatoms. The largest absolute Gasteiger partial charge is 0.507 e. The van der Waals surface area contributed by atoms with Gasteiger partial charge in [-0.3, -0.25) is 15.0 Å². The van der Waals surface area contributed by atoms with E-state index in [1.807, 2.05) is 24.3 Å². The van der Waals surface area contributed by atoms with Gasteiger partial charge < -0.3 is 9.84 Å². The molecule has 0 unspecified atom stereocenters. The monoisotopic (exact) mass is 352 g/mol. The minimum absolute atomic E-state index is 0.0358. The summed E-state index contributed by atoms with van der Waals surface area (Å²) in [5.74, 6) is 0.611. The van der Waals surface area contributed by atoms with Crippen molar-refractivity contribution >= 4 is 23.0 Å². The summed E-state index contributed by atoms with van der Waals surface area (Å²) in [6.45, 7) is 0. The van der Waals surface area contributed by atoms with Gasteiger partial charge in [0.25, 0.3) is 5.91 Å². The van der Waals surface area contributed by atoms with Crippen LogP contribution in [0.2, 0.25) is 0 Å². The zero-order chi connectivity index (χ0) is 18.9. The van der Waals surface area contributed by atoms with E-state index in [1.165, 1.54) is 0 Å². The Morgan fingerprint density at radius 2 is 1.65 bits per heavy atom. The van der Waals surface area contributed by atoms with Crippen LogP contribution in [0, 0.1) is 0 Å². The number of carbonyl (C=O) groups is 2. The Kier molecular flexibility index (Phi) is 6.70. The number of phenols is 1. The molecule has 0 aliphatic heterocycles. The number of aldehydes is 1. The highest BCUT2D eigenvalue weighted by Gasteiger charge is 2.03. The normalized spacial score (nSPS) is 9.77. The maximum atomic E-state index is 11.2. The first-order valence-corrected chi connectivity index (χ1v) is 7.87. The zero-order valence-corrected chi connectivity index (χ0v) is 14.5. The van der Waals surface area contributed by atoms with Crippen LogP contribution >= 0.6 is 0 Å². The second kappa shape index (κ2) is 9.19. The molecule has 0 fully saturated rings. The molecular weight excluding hydrogens is 332 g/mol.